The zero-order chi connectivity index (χ0) is 13.2. The van der Waals surface area contributed by atoms with Crippen LogP contribution in [0.5, 0.6) is 0 Å². The summed E-state index contributed by atoms with van der Waals surface area (Å²) in [5.74, 6) is -0.0339. The maximum absolute atomic E-state index is 8.82. The molecule has 0 unspecified atom stereocenters. The number of pyridine rings is 1. The molecule has 0 bridgehead atoms. The first-order chi connectivity index (χ1) is 9.31. The Morgan fingerprint density at radius 3 is 2.84 bits per heavy atom. The summed E-state index contributed by atoms with van der Waals surface area (Å²) in [5.41, 5.74) is 8.58. The summed E-state index contributed by atoms with van der Waals surface area (Å²) in [6, 6.07) is 11.4. The van der Waals surface area contributed by atoms with Crippen LogP contribution < -0.4 is 5.73 Å². The summed E-state index contributed by atoms with van der Waals surface area (Å²) in [6.45, 7) is 0. The molecule has 0 saturated carbocycles. The van der Waals surface area contributed by atoms with Gasteiger partial charge in [-0.15, -0.1) is 0 Å². The third kappa shape index (κ3) is 1.79. The lowest BCUT2D eigenvalue weighted by Crippen LogP contribution is -2.17. The van der Waals surface area contributed by atoms with Crippen LogP contribution in [-0.4, -0.2) is 25.6 Å². The van der Waals surface area contributed by atoms with E-state index in [4.69, 9.17) is 10.9 Å². The SMILES string of the molecule is N/C(=N/O)c1ncccc1-n1cnc2ccccc21. The van der Waals surface area contributed by atoms with Crippen LogP contribution in [0.3, 0.4) is 0 Å². The van der Waals surface area contributed by atoms with Gasteiger partial charge in [0.2, 0.25) is 0 Å². The fraction of sp³-hybridized carbons (Fsp3) is 0. The van der Waals surface area contributed by atoms with Crippen molar-refractivity contribution in [3.05, 3.63) is 54.6 Å². The Balaban J connectivity index is 2.28. The molecule has 0 aliphatic rings. The first-order valence-electron chi connectivity index (χ1n) is 5.66. The topological polar surface area (TPSA) is 89.3 Å². The van der Waals surface area contributed by atoms with Crippen molar-refractivity contribution in [1.29, 1.82) is 0 Å². The number of nitrogens with two attached hydrogens (primary N) is 1. The van der Waals surface area contributed by atoms with Gasteiger partial charge in [0, 0.05) is 6.20 Å². The summed E-state index contributed by atoms with van der Waals surface area (Å²) >= 11 is 0. The van der Waals surface area contributed by atoms with Crippen molar-refractivity contribution >= 4 is 16.9 Å². The number of hydrogen-bond acceptors (Lipinski definition) is 4. The normalized spacial score (nSPS) is 11.9. The lowest BCUT2D eigenvalue weighted by atomic mass is 10.2. The van der Waals surface area contributed by atoms with Gasteiger partial charge in [-0.25, -0.2) is 4.98 Å². The van der Waals surface area contributed by atoms with Crippen molar-refractivity contribution < 1.29 is 5.21 Å². The number of imidazole rings is 1. The van der Waals surface area contributed by atoms with Crippen molar-refractivity contribution in [2.75, 3.05) is 0 Å². The van der Waals surface area contributed by atoms with Gasteiger partial charge in [0.25, 0.3) is 0 Å². The smallest absolute Gasteiger partial charge is 0.190 e. The van der Waals surface area contributed by atoms with Gasteiger partial charge in [0.1, 0.15) is 12.0 Å². The zero-order valence-corrected chi connectivity index (χ0v) is 9.93. The van der Waals surface area contributed by atoms with E-state index in [0.717, 1.165) is 11.0 Å². The largest absolute Gasteiger partial charge is 0.409 e. The van der Waals surface area contributed by atoms with Gasteiger partial charge in [0.15, 0.2) is 5.84 Å². The van der Waals surface area contributed by atoms with Gasteiger partial charge in [-0.3, -0.25) is 9.55 Å². The van der Waals surface area contributed by atoms with Crippen LogP contribution in [0, 0.1) is 0 Å². The molecule has 0 fully saturated rings. The van der Waals surface area contributed by atoms with Gasteiger partial charge in [-0.05, 0) is 24.3 Å². The molecular weight excluding hydrogens is 242 g/mol. The van der Waals surface area contributed by atoms with Crippen LogP contribution in [0.15, 0.2) is 54.1 Å². The van der Waals surface area contributed by atoms with E-state index < -0.39 is 0 Å². The lowest BCUT2D eigenvalue weighted by molar-refractivity contribution is 0.318. The van der Waals surface area contributed by atoms with E-state index in [2.05, 4.69) is 15.1 Å². The van der Waals surface area contributed by atoms with E-state index in [9.17, 15) is 0 Å². The molecular formula is C13H11N5O. The Bertz CT molecular complexity index is 762. The van der Waals surface area contributed by atoms with Gasteiger partial charge >= 0.3 is 0 Å². The number of benzene rings is 1. The molecule has 0 amide bonds. The van der Waals surface area contributed by atoms with Crippen molar-refractivity contribution in [2.45, 2.75) is 0 Å². The van der Waals surface area contributed by atoms with Gasteiger partial charge < -0.3 is 10.9 Å². The first kappa shape index (κ1) is 11.2. The second-order valence-corrected chi connectivity index (χ2v) is 3.96. The summed E-state index contributed by atoms with van der Waals surface area (Å²) in [6.07, 6.45) is 3.28. The van der Waals surface area contributed by atoms with E-state index in [1.54, 1.807) is 18.6 Å². The molecule has 0 spiro atoms. The van der Waals surface area contributed by atoms with E-state index in [1.165, 1.54) is 0 Å². The molecule has 0 atom stereocenters. The number of nitrogens with zero attached hydrogens (tertiary/aromatic N) is 4. The predicted molar refractivity (Wildman–Crippen MR) is 71.4 cm³/mol. The molecule has 3 rings (SSSR count). The minimum absolute atomic E-state index is 0.0339. The predicted octanol–water partition coefficient (Wildman–Crippen LogP) is 1.51. The number of hydrogen-bond donors (Lipinski definition) is 2. The summed E-state index contributed by atoms with van der Waals surface area (Å²) in [5, 5.41) is 11.8. The molecule has 6 nitrogen and oxygen atoms in total. The van der Waals surface area contributed by atoms with Crippen molar-refractivity contribution in [3.8, 4) is 5.69 Å². The highest BCUT2D eigenvalue weighted by molar-refractivity contribution is 5.99. The van der Waals surface area contributed by atoms with Crippen LogP contribution in [0.1, 0.15) is 5.69 Å². The third-order valence-electron chi connectivity index (χ3n) is 2.85. The van der Waals surface area contributed by atoms with E-state index >= 15 is 0 Å². The fourth-order valence-corrected chi connectivity index (χ4v) is 1.99. The highest BCUT2D eigenvalue weighted by Gasteiger charge is 2.12. The molecule has 3 N–H and O–H groups in total. The molecule has 3 aromatic rings. The highest BCUT2D eigenvalue weighted by atomic mass is 16.4. The number of aromatic nitrogens is 3. The average molecular weight is 253 g/mol. The second kappa shape index (κ2) is 4.41. The quantitative estimate of drug-likeness (QED) is 0.313. The lowest BCUT2D eigenvalue weighted by Gasteiger charge is -2.08. The van der Waals surface area contributed by atoms with Crippen LogP contribution in [0.25, 0.3) is 16.7 Å². The third-order valence-corrected chi connectivity index (χ3v) is 2.85. The molecule has 19 heavy (non-hydrogen) atoms. The van der Waals surface area contributed by atoms with Gasteiger partial charge in [0.05, 0.1) is 16.7 Å². The Morgan fingerprint density at radius 1 is 1.16 bits per heavy atom. The molecule has 2 heterocycles. The Labute approximate surface area is 108 Å². The Morgan fingerprint density at radius 2 is 2.00 bits per heavy atom. The fourth-order valence-electron chi connectivity index (χ4n) is 1.99. The molecule has 0 aliphatic carbocycles. The van der Waals surface area contributed by atoms with E-state index in [1.807, 2.05) is 34.9 Å². The Kier molecular flexibility index (Phi) is 2.60. The molecule has 2 aromatic heterocycles. The van der Waals surface area contributed by atoms with E-state index in [-0.39, 0.29) is 5.84 Å². The summed E-state index contributed by atoms with van der Waals surface area (Å²) in [4.78, 5) is 8.46. The zero-order valence-electron chi connectivity index (χ0n) is 9.93. The van der Waals surface area contributed by atoms with Crippen LogP contribution in [0.4, 0.5) is 0 Å². The second-order valence-electron chi connectivity index (χ2n) is 3.96. The molecule has 0 radical (unpaired) electrons. The minimum Gasteiger partial charge on any atom is -0.409 e. The number of amidine groups is 1. The van der Waals surface area contributed by atoms with Crippen molar-refractivity contribution in [1.82, 2.24) is 14.5 Å². The number of para-hydroxylation sites is 2. The summed E-state index contributed by atoms with van der Waals surface area (Å²) < 4.78 is 1.86. The average Bonchev–Trinajstić information content (AvgIpc) is 2.90. The van der Waals surface area contributed by atoms with Crippen LogP contribution >= 0.6 is 0 Å². The van der Waals surface area contributed by atoms with Gasteiger partial charge in [-0.2, -0.15) is 0 Å². The highest BCUT2D eigenvalue weighted by Crippen LogP contribution is 2.19. The maximum Gasteiger partial charge on any atom is 0.190 e. The van der Waals surface area contributed by atoms with E-state index in [0.29, 0.717) is 11.4 Å². The number of rotatable bonds is 2. The number of oxime groups is 1. The standard InChI is InChI=1S/C13H11N5O/c14-13(17-19)12-11(6-3-7-15-12)18-8-16-9-4-1-2-5-10(9)18/h1-8,19H,(H2,14,17). The Hall–Kier alpha value is -2.89. The first-order valence-corrected chi connectivity index (χ1v) is 5.66. The van der Waals surface area contributed by atoms with Crippen molar-refractivity contribution in [3.63, 3.8) is 0 Å². The van der Waals surface area contributed by atoms with Crippen LogP contribution in [0.2, 0.25) is 0 Å². The maximum atomic E-state index is 8.82. The molecule has 6 heteroatoms. The molecule has 0 aliphatic heterocycles. The molecule has 0 saturated heterocycles. The minimum atomic E-state index is -0.0339. The molecule has 1 aromatic carbocycles. The monoisotopic (exact) mass is 253 g/mol. The molecule has 94 valence electrons. The summed E-state index contributed by atoms with van der Waals surface area (Å²) in [7, 11) is 0. The van der Waals surface area contributed by atoms with Gasteiger partial charge in [-0.1, -0.05) is 17.3 Å². The van der Waals surface area contributed by atoms with Crippen LogP contribution in [-0.2, 0) is 0 Å². The van der Waals surface area contributed by atoms with Crippen molar-refractivity contribution in [2.24, 2.45) is 10.9 Å². The number of fused-ring (bicyclic) bond motifs is 1.